The molecule has 1 N–H and O–H groups in total. The molecule has 0 aliphatic carbocycles. The number of amides is 1. The maximum atomic E-state index is 11.8. The highest BCUT2D eigenvalue weighted by molar-refractivity contribution is 6.33. The van der Waals surface area contributed by atoms with Gasteiger partial charge in [0.25, 0.3) is 5.91 Å². The van der Waals surface area contributed by atoms with Crippen LogP contribution >= 0.6 is 23.2 Å². The van der Waals surface area contributed by atoms with Gasteiger partial charge < -0.3 is 10.1 Å². The SMILES string of the molecule is N#Cc1ccc(Cl)c(NC(=O)COc2cccc(Cl)c2)c1. The zero-order valence-electron chi connectivity index (χ0n) is 10.8. The average Bonchev–Trinajstić information content (AvgIpc) is 2.47. The van der Waals surface area contributed by atoms with Crippen LogP contribution in [-0.4, -0.2) is 12.5 Å². The van der Waals surface area contributed by atoms with Gasteiger partial charge >= 0.3 is 0 Å². The highest BCUT2D eigenvalue weighted by Gasteiger charge is 2.08. The summed E-state index contributed by atoms with van der Waals surface area (Å²) in [6.07, 6.45) is 0. The lowest BCUT2D eigenvalue weighted by molar-refractivity contribution is -0.118. The van der Waals surface area contributed by atoms with Crippen molar-refractivity contribution in [2.45, 2.75) is 0 Å². The lowest BCUT2D eigenvalue weighted by Gasteiger charge is -2.09. The molecule has 0 saturated heterocycles. The molecule has 0 aromatic heterocycles. The molecule has 6 heteroatoms. The van der Waals surface area contributed by atoms with E-state index in [1.54, 1.807) is 36.4 Å². The zero-order valence-corrected chi connectivity index (χ0v) is 12.3. The maximum absolute atomic E-state index is 11.8. The van der Waals surface area contributed by atoms with Crippen molar-refractivity contribution in [3.05, 3.63) is 58.1 Å². The van der Waals surface area contributed by atoms with Crippen molar-refractivity contribution >= 4 is 34.8 Å². The monoisotopic (exact) mass is 320 g/mol. The predicted octanol–water partition coefficient (Wildman–Crippen LogP) is 3.88. The van der Waals surface area contributed by atoms with E-state index in [2.05, 4.69) is 5.32 Å². The number of ether oxygens (including phenoxy) is 1. The minimum absolute atomic E-state index is 0.187. The van der Waals surface area contributed by atoms with Crippen LogP contribution in [0.4, 0.5) is 5.69 Å². The molecule has 0 saturated carbocycles. The summed E-state index contributed by atoms with van der Waals surface area (Å²) >= 11 is 11.8. The van der Waals surface area contributed by atoms with E-state index >= 15 is 0 Å². The molecule has 4 nitrogen and oxygen atoms in total. The molecule has 0 fully saturated rings. The fourth-order valence-electron chi connectivity index (χ4n) is 1.58. The van der Waals surface area contributed by atoms with Gasteiger partial charge in [-0.05, 0) is 36.4 Å². The summed E-state index contributed by atoms with van der Waals surface area (Å²) in [5, 5.41) is 12.3. The van der Waals surface area contributed by atoms with E-state index in [1.165, 1.54) is 6.07 Å². The molecule has 2 aromatic carbocycles. The van der Waals surface area contributed by atoms with Crippen LogP contribution in [0, 0.1) is 11.3 Å². The molecule has 0 atom stereocenters. The first kappa shape index (κ1) is 15.2. The van der Waals surface area contributed by atoms with Crippen molar-refractivity contribution < 1.29 is 9.53 Å². The van der Waals surface area contributed by atoms with Crippen molar-refractivity contribution in [2.75, 3.05) is 11.9 Å². The van der Waals surface area contributed by atoms with Gasteiger partial charge in [-0.25, -0.2) is 0 Å². The van der Waals surface area contributed by atoms with E-state index in [-0.39, 0.29) is 12.5 Å². The van der Waals surface area contributed by atoms with Gasteiger partial charge in [-0.15, -0.1) is 0 Å². The summed E-state index contributed by atoms with van der Waals surface area (Å²) in [5.41, 5.74) is 0.779. The number of hydrogen-bond donors (Lipinski definition) is 1. The van der Waals surface area contributed by atoms with Crippen LogP contribution in [0.1, 0.15) is 5.56 Å². The van der Waals surface area contributed by atoms with Crippen LogP contribution in [0.25, 0.3) is 0 Å². The standard InChI is InChI=1S/C15H10Cl2N2O2/c16-11-2-1-3-12(7-11)21-9-15(20)19-14-6-10(8-18)4-5-13(14)17/h1-7H,9H2,(H,19,20). The third-order valence-electron chi connectivity index (χ3n) is 2.54. The van der Waals surface area contributed by atoms with E-state index in [4.69, 9.17) is 33.2 Å². The predicted molar refractivity (Wildman–Crippen MR) is 81.7 cm³/mol. The summed E-state index contributed by atoms with van der Waals surface area (Å²) < 4.78 is 5.31. The van der Waals surface area contributed by atoms with E-state index in [9.17, 15) is 4.79 Å². The number of nitriles is 1. The van der Waals surface area contributed by atoms with Crippen LogP contribution in [-0.2, 0) is 4.79 Å². The topological polar surface area (TPSA) is 62.1 Å². The maximum Gasteiger partial charge on any atom is 0.262 e. The number of carbonyl (C=O) groups excluding carboxylic acids is 1. The van der Waals surface area contributed by atoms with Crippen molar-refractivity contribution in [3.8, 4) is 11.8 Å². The first-order valence-electron chi connectivity index (χ1n) is 5.96. The summed E-state index contributed by atoms with van der Waals surface area (Å²) in [5.74, 6) is 0.112. The molecule has 1 amide bonds. The molecule has 0 unspecified atom stereocenters. The van der Waals surface area contributed by atoms with Crippen molar-refractivity contribution in [2.24, 2.45) is 0 Å². The molecule has 106 valence electrons. The number of nitrogens with one attached hydrogen (secondary N) is 1. The second kappa shape index (κ2) is 6.98. The second-order valence-electron chi connectivity index (χ2n) is 4.10. The molecule has 2 rings (SSSR count). The normalized spacial score (nSPS) is 9.76. The van der Waals surface area contributed by atoms with Crippen LogP contribution < -0.4 is 10.1 Å². The van der Waals surface area contributed by atoms with Gasteiger partial charge in [0, 0.05) is 5.02 Å². The molecule has 0 heterocycles. The molecule has 0 spiro atoms. The Kier molecular flexibility index (Phi) is 5.04. The average molecular weight is 321 g/mol. The number of benzene rings is 2. The summed E-state index contributed by atoms with van der Waals surface area (Å²) in [6.45, 7) is -0.187. The first-order chi connectivity index (χ1) is 10.1. The smallest absolute Gasteiger partial charge is 0.262 e. The third kappa shape index (κ3) is 4.38. The third-order valence-corrected chi connectivity index (χ3v) is 3.10. The number of hydrogen-bond acceptors (Lipinski definition) is 3. The molecule has 0 aliphatic heterocycles. The first-order valence-corrected chi connectivity index (χ1v) is 6.72. The van der Waals surface area contributed by atoms with Crippen LogP contribution in [0.5, 0.6) is 5.75 Å². The van der Waals surface area contributed by atoms with Crippen LogP contribution in [0.15, 0.2) is 42.5 Å². The Morgan fingerprint density at radius 2 is 2.05 bits per heavy atom. The minimum atomic E-state index is -0.382. The van der Waals surface area contributed by atoms with E-state index in [0.29, 0.717) is 27.0 Å². The minimum Gasteiger partial charge on any atom is -0.484 e. The Labute approximate surface area is 131 Å². The number of carbonyl (C=O) groups is 1. The van der Waals surface area contributed by atoms with E-state index in [1.807, 2.05) is 6.07 Å². The zero-order chi connectivity index (χ0) is 15.2. The number of halogens is 2. The van der Waals surface area contributed by atoms with Gasteiger partial charge in [-0.3, -0.25) is 4.79 Å². The number of rotatable bonds is 4. The Morgan fingerprint density at radius 1 is 1.24 bits per heavy atom. The van der Waals surface area contributed by atoms with Gasteiger partial charge in [0.1, 0.15) is 5.75 Å². The Balaban J connectivity index is 1.98. The van der Waals surface area contributed by atoms with Gasteiger partial charge in [-0.2, -0.15) is 5.26 Å². The Bertz CT molecular complexity index is 711. The number of anilines is 1. The molecule has 0 aliphatic rings. The van der Waals surface area contributed by atoms with Crippen molar-refractivity contribution in [3.63, 3.8) is 0 Å². The fraction of sp³-hybridized carbons (Fsp3) is 0.0667. The van der Waals surface area contributed by atoms with Gasteiger partial charge in [0.2, 0.25) is 0 Å². The van der Waals surface area contributed by atoms with Crippen molar-refractivity contribution in [1.82, 2.24) is 0 Å². The molecular formula is C15H10Cl2N2O2. The fourth-order valence-corrected chi connectivity index (χ4v) is 1.93. The lowest BCUT2D eigenvalue weighted by Crippen LogP contribution is -2.20. The van der Waals surface area contributed by atoms with Gasteiger partial charge in [-0.1, -0.05) is 29.3 Å². The Morgan fingerprint density at radius 3 is 2.76 bits per heavy atom. The largest absolute Gasteiger partial charge is 0.484 e. The van der Waals surface area contributed by atoms with Gasteiger partial charge in [0.15, 0.2) is 6.61 Å². The Hall–Kier alpha value is -2.22. The molecule has 21 heavy (non-hydrogen) atoms. The van der Waals surface area contributed by atoms with Crippen LogP contribution in [0.2, 0.25) is 10.0 Å². The lowest BCUT2D eigenvalue weighted by atomic mass is 10.2. The molecule has 2 aromatic rings. The summed E-state index contributed by atoms with van der Waals surface area (Å²) in [7, 11) is 0. The van der Waals surface area contributed by atoms with Crippen molar-refractivity contribution in [1.29, 1.82) is 5.26 Å². The van der Waals surface area contributed by atoms with E-state index in [0.717, 1.165) is 0 Å². The highest BCUT2D eigenvalue weighted by atomic mass is 35.5. The molecular weight excluding hydrogens is 311 g/mol. The highest BCUT2D eigenvalue weighted by Crippen LogP contribution is 2.23. The summed E-state index contributed by atoms with van der Waals surface area (Å²) in [4.78, 5) is 11.8. The second-order valence-corrected chi connectivity index (χ2v) is 4.94. The summed E-state index contributed by atoms with van der Waals surface area (Å²) in [6, 6.07) is 13.3. The van der Waals surface area contributed by atoms with Gasteiger partial charge in [0.05, 0.1) is 22.3 Å². The number of nitrogens with zero attached hydrogens (tertiary/aromatic N) is 1. The van der Waals surface area contributed by atoms with Crippen LogP contribution in [0.3, 0.4) is 0 Å². The molecule has 0 bridgehead atoms. The van der Waals surface area contributed by atoms with E-state index < -0.39 is 0 Å². The quantitative estimate of drug-likeness (QED) is 0.929. The molecule has 0 radical (unpaired) electrons.